The molecule has 1 N–H and O–H groups in total. The SMILES string of the molecule is CCOc1ccccc1/C=C(/C#N)C(=O)NC. The summed E-state index contributed by atoms with van der Waals surface area (Å²) in [5.74, 6) is 0.255. The summed E-state index contributed by atoms with van der Waals surface area (Å²) in [6, 6.07) is 9.13. The number of ether oxygens (including phenoxy) is 1. The van der Waals surface area contributed by atoms with Crippen LogP contribution in [0.1, 0.15) is 12.5 Å². The minimum Gasteiger partial charge on any atom is -0.493 e. The van der Waals surface area contributed by atoms with Gasteiger partial charge in [-0.2, -0.15) is 5.26 Å². The van der Waals surface area contributed by atoms with Crippen LogP contribution >= 0.6 is 0 Å². The van der Waals surface area contributed by atoms with Crippen molar-refractivity contribution in [2.75, 3.05) is 13.7 Å². The van der Waals surface area contributed by atoms with Crippen LogP contribution in [0.2, 0.25) is 0 Å². The molecule has 0 aliphatic heterocycles. The fourth-order valence-electron chi connectivity index (χ4n) is 1.33. The van der Waals surface area contributed by atoms with E-state index in [1.165, 1.54) is 13.1 Å². The first-order chi connectivity index (χ1) is 8.22. The number of nitriles is 1. The Hall–Kier alpha value is -2.28. The average molecular weight is 230 g/mol. The van der Waals surface area contributed by atoms with Crippen LogP contribution in [0.15, 0.2) is 29.8 Å². The van der Waals surface area contributed by atoms with Crippen LogP contribution in [-0.2, 0) is 4.79 Å². The first-order valence-corrected chi connectivity index (χ1v) is 5.28. The number of nitrogens with zero attached hydrogens (tertiary/aromatic N) is 1. The molecule has 1 aromatic rings. The van der Waals surface area contributed by atoms with Crippen molar-refractivity contribution in [3.05, 3.63) is 35.4 Å². The lowest BCUT2D eigenvalue weighted by Crippen LogP contribution is -2.19. The van der Waals surface area contributed by atoms with E-state index in [0.717, 1.165) is 5.56 Å². The Kier molecular flexibility index (Phi) is 4.77. The number of hydrogen-bond acceptors (Lipinski definition) is 3. The molecule has 1 aromatic carbocycles. The number of carbonyl (C=O) groups excluding carboxylic acids is 1. The van der Waals surface area contributed by atoms with E-state index in [4.69, 9.17) is 10.00 Å². The van der Waals surface area contributed by atoms with Crippen molar-refractivity contribution >= 4 is 12.0 Å². The molecule has 0 atom stereocenters. The normalized spacial score (nSPS) is 10.5. The van der Waals surface area contributed by atoms with E-state index in [2.05, 4.69) is 5.32 Å². The fraction of sp³-hybridized carbons (Fsp3) is 0.231. The first kappa shape index (κ1) is 12.8. The van der Waals surface area contributed by atoms with E-state index in [-0.39, 0.29) is 5.57 Å². The van der Waals surface area contributed by atoms with Crippen LogP contribution in [0.5, 0.6) is 5.75 Å². The Balaban J connectivity index is 3.12. The number of rotatable bonds is 4. The molecule has 0 aromatic heterocycles. The highest BCUT2D eigenvalue weighted by Gasteiger charge is 2.08. The van der Waals surface area contributed by atoms with Gasteiger partial charge in [-0.1, -0.05) is 18.2 Å². The lowest BCUT2D eigenvalue weighted by Gasteiger charge is -2.06. The van der Waals surface area contributed by atoms with Crippen molar-refractivity contribution in [2.24, 2.45) is 0 Å². The highest BCUT2D eigenvalue weighted by molar-refractivity contribution is 6.01. The largest absolute Gasteiger partial charge is 0.493 e. The molecule has 1 amide bonds. The predicted octanol–water partition coefficient (Wildman–Crippen LogP) is 1.74. The Labute approximate surface area is 101 Å². The molecule has 0 spiro atoms. The van der Waals surface area contributed by atoms with Crippen LogP contribution in [-0.4, -0.2) is 19.6 Å². The second-order valence-electron chi connectivity index (χ2n) is 3.22. The third kappa shape index (κ3) is 3.35. The molecular formula is C13H14N2O2. The Morgan fingerprint density at radius 3 is 2.82 bits per heavy atom. The molecule has 0 saturated heterocycles. The van der Waals surface area contributed by atoms with Gasteiger partial charge in [0.1, 0.15) is 17.4 Å². The number of amides is 1. The maximum absolute atomic E-state index is 11.4. The van der Waals surface area contributed by atoms with Gasteiger partial charge in [-0.15, -0.1) is 0 Å². The number of hydrogen-bond donors (Lipinski definition) is 1. The first-order valence-electron chi connectivity index (χ1n) is 5.28. The van der Waals surface area contributed by atoms with Gasteiger partial charge in [-0.05, 0) is 19.1 Å². The number of nitrogens with one attached hydrogen (secondary N) is 1. The number of carbonyl (C=O) groups is 1. The molecule has 0 radical (unpaired) electrons. The minimum absolute atomic E-state index is 0.0552. The molecular weight excluding hydrogens is 216 g/mol. The van der Waals surface area contributed by atoms with Gasteiger partial charge in [-0.25, -0.2) is 0 Å². The van der Waals surface area contributed by atoms with Gasteiger partial charge in [0, 0.05) is 12.6 Å². The number of likely N-dealkylation sites (N-methyl/N-ethyl adjacent to an activating group) is 1. The van der Waals surface area contributed by atoms with Crippen LogP contribution < -0.4 is 10.1 Å². The van der Waals surface area contributed by atoms with Crippen LogP contribution in [0.3, 0.4) is 0 Å². The van der Waals surface area contributed by atoms with Gasteiger partial charge >= 0.3 is 0 Å². The molecule has 0 bridgehead atoms. The predicted molar refractivity (Wildman–Crippen MR) is 65.3 cm³/mol. The maximum atomic E-state index is 11.4. The standard InChI is InChI=1S/C13H14N2O2/c1-3-17-12-7-5-4-6-10(12)8-11(9-14)13(16)15-2/h4-8H,3H2,1-2H3,(H,15,16)/b11-8-. The van der Waals surface area contributed by atoms with Gasteiger partial charge in [0.05, 0.1) is 6.61 Å². The summed E-state index contributed by atoms with van der Waals surface area (Å²) in [6.45, 7) is 2.41. The summed E-state index contributed by atoms with van der Waals surface area (Å²) in [7, 11) is 1.49. The van der Waals surface area contributed by atoms with E-state index < -0.39 is 5.91 Å². The zero-order valence-electron chi connectivity index (χ0n) is 9.86. The van der Waals surface area contributed by atoms with E-state index >= 15 is 0 Å². The van der Waals surface area contributed by atoms with E-state index in [9.17, 15) is 4.79 Å². The van der Waals surface area contributed by atoms with Crippen molar-refractivity contribution in [1.82, 2.24) is 5.32 Å². The topological polar surface area (TPSA) is 62.1 Å². The molecule has 4 nitrogen and oxygen atoms in total. The van der Waals surface area contributed by atoms with Crippen molar-refractivity contribution in [1.29, 1.82) is 5.26 Å². The van der Waals surface area contributed by atoms with Crippen molar-refractivity contribution in [3.63, 3.8) is 0 Å². The van der Waals surface area contributed by atoms with Crippen molar-refractivity contribution in [3.8, 4) is 11.8 Å². The minimum atomic E-state index is -0.404. The summed E-state index contributed by atoms with van der Waals surface area (Å²) in [5.41, 5.74) is 0.772. The zero-order chi connectivity index (χ0) is 12.7. The molecule has 17 heavy (non-hydrogen) atoms. The molecule has 1 rings (SSSR count). The monoisotopic (exact) mass is 230 g/mol. The fourth-order valence-corrected chi connectivity index (χ4v) is 1.33. The molecule has 88 valence electrons. The molecule has 0 aliphatic carbocycles. The third-order valence-electron chi connectivity index (χ3n) is 2.11. The van der Waals surface area contributed by atoms with Crippen molar-refractivity contribution in [2.45, 2.75) is 6.92 Å². The van der Waals surface area contributed by atoms with Crippen LogP contribution in [0.25, 0.3) is 6.08 Å². The lowest BCUT2D eigenvalue weighted by atomic mass is 10.1. The van der Waals surface area contributed by atoms with E-state index in [1.807, 2.05) is 25.1 Å². The molecule has 0 heterocycles. The highest BCUT2D eigenvalue weighted by Crippen LogP contribution is 2.20. The van der Waals surface area contributed by atoms with Gasteiger partial charge in [0.15, 0.2) is 0 Å². The lowest BCUT2D eigenvalue weighted by molar-refractivity contribution is -0.116. The molecule has 4 heteroatoms. The summed E-state index contributed by atoms with van der Waals surface area (Å²) in [4.78, 5) is 11.4. The van der Waals surface area contributed by atoms with E-state index in [1.54, 1.807) is 12.1 Å². The van der Waals surface area contributed by atoms with E-state index in [0.29, 0.717) is 12.4 Å². The smallest absolute Gasteiger partial charge is 0.261 e. The molecule has 0 fully saturated rings. The summed E-state index contributed by atoms with van der Waals surface area (Å²) in [6.07, 6.45) is 1.52. The van der Waals surface area contributed by atoms with Crippen molar-refractivity contribution < 1.29 is 9.53 Å². The summed E-state index contributed by atoms with van der Waals surface area (Å²) >= 11 is 0. The Morgan fingerprint density at radius 2 is 2.24 bits per heavy atom. The van der Waals surface area contributed by atoms with Gasteiger partial charge in [-0.3, -0.25) is 4.79 Å². The molecule has 0 unspecified atom stereocenters. The molecule has 0 aliphatic rings. The Morgan fingerprint density at radius 1 is 1.53 bits per heavy atom. The second-order valence-corrected chi connectivity index (χ2v) is 3.22. The summed E-state index contributed by atoms with van der Waals surface area (Å²) < 4.78 is 5.41. The molecule has 0 saturated carbocycles. The van der Waals surface area contributed by atoms with Crippen LogP contribution in [0, 0.1) is 11.3 Å². The quantitative estimate of drug-likeness (QED) is 0.633. The van der Waals surface area contributed by atoms with Gasteiger partial charge in [0.25, 0.3) is 5.91 Å². The third-order valence-corrected chi connectivity index (χ3v) is 2.11. The number of para-hydroxylation sites is 1. The Bertz CT molecular complexity index is 473. The second kappa shape index (κ2) is 6.33. The van der Waals surface area contributed by atoms with Crippen LogP contribution in [0.4, 0.5) is 0 Å². The zero-order valence-corrected chi connectivity index (χ0v) is 9.86. The number of benzene rings is 1. The summed E-state index contributed by atoms with van der Waals surface area (Å²) in [5, 5.41) is 11.3. The highest BCUT2D eigenvalue weighted by atomic mass is 16.5. The average Bonchev–Trinajstić information content (AvgIpc) is 2.37. The maximum Gasteiger partial charge on any atom is 0.261 e. The van der Waals surface area contributed by atoms with Gasteiger partial charge in [0.2, 0.25) is 0 Å². The van der Waals surface area contributed by atoms with Gasteiger partial charge < -0.3 is 10.1 Å².